The van der Waals surface area contributed by atoms with Gasteiger partial charge >= 0.3 is 0 Å². The van der Waals surface area contributed by atoms with E-state index in [1.54, 1.807) is 13.2 Å². The van der Waals surface area contributed by atoms with Crippen molar-refractivity contribution in [1.82, 2.24) is 14.5 Å². The van der Waals surface area contributed by atoms with Crippen molar-refractivity contribution >= 4 is 27.9 Å². The summed E-state index contributed by atoms with van der Waals surface area (Å²) in [6, 6.07) is 28.6. The smallest absolute Gasteiger partial charge is 0.235 e. The highest BCUT2D eigenvalue weighted by molar-refractivity contribution is 5.89. The number of hydrogen-bond acceptors (Lipinski definition) is 4. The highest BCUT2D eigenvalue weighted by Crippen LogP contribution is 2.30. The summed E-state index contributed by atoms with van der Waals surface area (Å²) < 4.78 is 7.64. The summed E-state index contributed by atoms with van der Waals surface area (Å²) in [5.41, 5.74) is 4.84. The van der Waals surface area contributed by atoms with E-state index < -0.39 is 0 Å². The minimum Gasteiger partial charge on any atom is -0.494 e. The maximum absolute atomic E-state index is 9.10. The summed E-state index contributed by atoms with van der Waals surface area (Å²) in [6.07, 6.45) is 4.91. The van der Waals surface area contributed by atoms with E-state index in [4.69, 9.17) is 20.0 Å². The Morgan fingerprint density at radius 2 is 1.76 bits per heavy atom. The van der Waals surface area contributed by atoms with Gasteiger partial charge in [0, 0.05) is 16.8 Å². The molecule has 0 N–H and O–H groups in total. The molecule has 5 heteroatoms. The number of aryl methyl sites for hydroxylation is 2. The van der Waals surface area contributed by atoms with Gasteiger partial charge in [-0.05, 0) is 42.7 Å². The van der Waals surface area contributed by atoms with Crippen molar-refractivity contribution < 1.29 is 4.74 Å². The lowest BCUT2D eigenvalue weighted by Gasteiger charge is -2.13. The molecule has 33 heavy (non-hydrogen) atoms. The molecule has 0 aliphatic carbocycles. The van der Waals surface area contributed by atoms with Crippen LogP contribution in [0, 0.1) is 11.3 Å². The Balaban J connectivity index is 1.73. The standard InChI is InChI=1S/C28H22N4O/c1-33-26-15-7-13-23-24(17-16-20-9-3-2-4-10-20)30-28(31-27(23)26)32-22(12-8-18-29)19-21-11-5-6-14-25(21)32/h2-15,19H,16-17H2,1H3/b12-8-. The van der Waals surface area contributed by atoms with Crippen LogP contribution >= 0.6 is 0 Å². The monoisotopic (exact) mass is 430 g/mol. The molecule has 0 saturated heterocycles. The maximum Gasteiger partial charge on any atom is 0.235 e. The first kappa shape index (κ1) is 20.5. The van der Waals surface area contributed by atoms with Gasteiger partial charge in [0.25, 0.3) is 0 Å². The molecule has 0 aliphatic rings. The van der Waals surface area contributed by atoms with Gasteiger partial charge in [-0.3, -0.25) is 4.57 Å². The third-order valence-corrected chi connectivity index (χ3v) is 5.74. The van der Waals surface area contributed by atoms with Gasteiger partial charge in [0.1, 0.15) is 11.3 Å². The molecule has 160 valence electrons. The van der Waals surface area contributed by atoms with Crippen LogP contribution in [-0.2, 0) is 12.8 Å². The molecule has 0 radical (unpaired) electrons. The zero-order valence-corrected chi connectivity index (χ0v) is 18.3. The van der Waals surface area contributed by atoms with Gasteiger partial charge in [0.05, 0.1) is 30.1 Å². The van der Waals surface area contributed by atoms with Crippen LogP contribution in [0.15, 0.2) is 84.9 Å². The fourth-order valence-corrected chi connectivity index (χ4v) is 4.18. The number of methoxy groups -OCH3 is 1. The van der Waals surface area contributed by atoms with Gasteiger partial charge in [-0.25, -0.2) is 9.97 Å². The quantitative estimate of drug-likeness (QED) is 0.314. The molecule has 0 atom stereocenters. The number of allylic oxidation sites excluding steroid dienone is 1. The molecule has 5 aromatic rings. The molecule has 0 spiro atoms. The molecule has 0 saturated carbocycles. The number of fused-ring (bicyclic) bond motifs is 2. The third kappa shape index (κ3) is 3.95. The van der Waals surface area contributed by atoms with E-state index in [2.05, 4.69) is 30.3 Å². The molecule has 0 unspecified atom stereocenters. The van der Waals surface area contributed by atoms with Crippen LogP contribution in [0.4, 0.5) is 0 Å². The van der Waals surface area contributed by atoms with E-state index in [9.17, 15) is 0 Å². The summed E-state index contributed by atoms with van der Waals surface area (Å²) in [4.78, 5) is 9.97. The zero-order chi connectivity index (χ0) is 22.6. The van der Waals surface area contributed by atoms with Crippen LogP contribution in [0.5, 0.6) is 5.75 Å². The van der Waals surface area contributed by atoms with E-state index in [1.807, 2.05) is 59.2 Å². The predicted octanol–water partition coefficient (Wildman–Crippen LogP) is 5.90. The Hall–Kier alpha value is -4.43. The average molecular weight is 431 g/mol. The van der Waals surface area contributed by atoms with E-state index in [1.165, 1.54) is 11.6 Å². The van der Waals surface area contributed by atoms with Crippen molar-refractivity contribution in [2.75, 3.05) is 7.11 Å². The van der Waals surface area contributed by atoms with Crippen LogP contribution in [0.1, 0.15) is 17.0 Å². The van der Waals surface area contributed by atoms with Crippen LogP contribution < -0.4 is 4.74 Å². The molecule has 2 aromatic heterocycles. The second-order valence-corrected chi connectivity index (χ2v) is 7.74. The Bertz CT molecular complexity index is 1510. The lowest BCUT2D eigenvalue weighted by atomic mass is 10.0. The molecular weight excluding hydrogens is 408 g/mol. The maximum atomic E-state index is 9.10. The van der Waals surface area contributed by atoms with Crippen molar-refractivity contribution in [3.63, 3.8) is 0 Å². The first-order valence-corrected chi connectivity index (χ1v) is 10.8. The van der Waals surface area contributed by atoms with Crippen molar-refractivity contribution in [2.45, 2.75) is 12.8 Å². The fourth-order valence-electron chi connectivity index (χ4n) is 4.18. The minimum absolute atomic E-state index is 0.564. The number of aromatic nitrogens is 3. The molecule has 0 amide bonds. The summed E-state index contributed by atoms with van der Waals surface area (Å²) in [5, 5.41) is 11.1. The third-order valence-electron chi connectivity index (χ3n) is 5.74. The van der Waals surface area contributed by atoms with Crippen molar-refractivity contribution in [3.05, 3.63) is 102 Å². The molecule has 3 aromatic carbocycles. The SMILES string of the molecule is COc1cccc2c(CCc3ccccc3)nc(-n3c(/C=C\C#N)cc4ccccc43)nc12. The van der Waals surface area contributed by atoms with Crippen LogP contribution in [0.25, 0.3) is 33.8 Å². The Morgan fingerprint density at radius 1 is 0.939 bits per heavy atom. The highest BCUT2D eigenvalue weighted by atomic mass is 16.5. The summed E-state index contributed by atoms with van der Waals surface area (Å²) in [5.74, 6) is 1.27. The fraction of sp³-hybridized carbons (Fsp3) is 0.107. The van der Waals surface area contributed by atoms with Gasteiger partial charge in [0.2, 0.25) is 5.95 Å². The summed E-state index contributed by atoms with van der Waals surface area (Å²) in [6.45, 7) is 0. The number of nitriles is 1. The molecule has 0 fully saturated rings. The number of benzene rings is 3. The molecule has 2 heterocycles. The number of nitrogens with zero attached hydrogens (tertiary/aromatic N) is 4. The normalized spacial score (nSPS) is 11.3. The van der Waals surface area contributed by atoms with Crippen molar-refractivity contribution in [3.8, 4) is 17.8 Å². The van der Waals surface area contributed by atoms with Gasteiger partial charge in [0.15, 0.2) is 0 Å². The van der Waals surface area contributed by atoms with E-state index >= 15 is 0 Å². The summed E-state index contributed by atoms with van der Waals surface area (Å²) >= 11 is 0. The zero-order valence-electron chi connectivity index (χ0n) is 18.3. The highest BCUT2D eigenvalue weighted by Gasteiger charge is 2.16. The van der Waals surface area contributed by atoms with Gasteiger partial charge in [-0.2, -0.15) is 5.26 Å². The molecule has 0 bridgehead atoms. The number of para-hydroxylation sites is 2. The topological polar surface area (TPSA) is 63.7 Å². The minimum atomic E-state index is 0.564. The lowest BCUT2D eigenvalue weighted by Crippen LogP contribution is -2.08. The van der Waals surface area contributed by atoms with E-state index in [0.717, 1.165) is 46.0 Å². The largest absolute Gasteiger partial charge is 0.494 e. The van der Waals surface area contributed by atoms with Gasteiger partial charge < -0.3 is 4.74 Å². The van der Waals surface area contributed by atoms with Crippen LogP contribution in [0.3, 0.4) is 0 Å². The first-order valence-electron chi connectivity index (χ1n) is 10.8. The number of rotatable bonds is 6. The number of ether oxygens (including phenoxy) is 1. The Labute approximate surface area is 192 Å². The lowest BCUT2D eigenvalue weighted by molar-refractivity contribution is 0.418. The second kappa shape index (κ2) is 8.97. The Morgan fingerprint density at radius 3 is 2.58 bits per heavy atom. The summed E-state index contributed by atoms with van der Waals surface area (Å²) in [7, 11) is 1.66. The van der Waals surface area contributed by atoms with E-state index in [0.29, 0.717) is 11.7 Å². The molecular formula is C28H22N4O. The second-order valence-electron chi connectivity index (χ2n) is 7.74. The van der Waals surface area contributed by atoms with E-state index in [-0.39, 0.29) is 0 Å². The van der Waals surface area contributed by atoms with Gasteiger partial charge in [-0.15, -0.1) is 0 Å². The van der Waals surface area contributed by atoms with Gasteiger partial charge in [-0.1, -0.05) is 60.7 Å². The van der Waals surface area contributed by atoms with Crippen molar-refractivity contribution in [1.29, 1.82) is 5.26 Å². The first-order chi connectivity index (χ1) is 16.3. The molecule has 0 aliphatic heterocycles. The van der Waals surface area contributed by atoms with Crippen LogP contribution in [-0.4, -0.2) is 21.6 Å². The van der Waals surface area contributed by atoms with Crippen LogP contribution in [0.2, 0.25) is 0 Å². The van der Waals surface area contributed by atoms with Crippen molar-refractivity contribution in [2.24, 2.45) is 0 Å². The Kier molecular flexibility index (Phi) is 5.57. The molecule has 5 rings (SSSR count). The average Bonchev–Trinajstić information content (AvgIpc) is 3.24. The number of hydrogen-bond donors (Lipinski definition) is 0. The predicted molar refractivity (Wildman–Crippen MR) is 131 cm³/mol. The molecule has 5 nitrogen and oxygen atoms in total.